The molecule has 0 aliphatic carbocycles. The van der Waals surface area contributed by atoms with Gasteiger partial charge in [0.25, 0.3) is 0 Å². The number of aliphatic hydroxyl groups excluding tert-OH is 1. The number of hydrogen-bond acceptors (Lipinski definition) is 4. The van der Waals surface area contributed by atoms with Crippen LogP contribution < -0.4 is 4.90 Å². The average Bonchev–Trinajstić information content (AvgIpc) is 2.38. The fourth-order valence-corrected chi connectivity index (χ4v) is 2.71. The zero-order valence-electron chi connectivity index (χ0n) is 10.1. The molecule has 0 amide bonds. The molecule has 1 heterocycles. The van der Waals surface area contributed by atoms with Crippen LogP contribution in [0, 0.1) is 11.3 Å². The van der Waals surface area contributed by atoms with Gasteiger partial charge in [-0.15, -0.1) is 0 Å². The van der Waals surface area contributed by atoms with Gasteiger partial charge in [-0.05, 0) is 24.6 Å². The summed E-state index contributed by atoms with van der Waals surface area (Å²) in [6, 6.07) is 7.97. The molecule has 1 aliphatic heterocycles. The minimum Gasteiger partial charge on any atom is -0.389 e. The van der Waals surface area contributed by atoms with Gasteiger partial charge in [-0.2, -0.15) is 5.26 Å². The molecule has 18 heavy (non-hydrogen) atoms. The van der Waals surface area contributed by atoms with Crippen LogP contribution in [0.15, 0.2) is 22.7 Å². The lowest BCUT2D eigenvalue weighted by Crippen LogP contribution is -2.41. The van der Waals surface area contributed by atoms with Crippen molar-refractivity contribution in [1.82, 2.24) is 0 Å². The molecule has 2 atom stereocenters. The van der Waals surface area contributed by atoms with Gasteiger partial charge in [0.2, 0.25) is 0 Å². The van der Waals surface area contributed by atoms with E-state index in [0.717, 1.165) is 22.3 Å². The second kappa shape index (κ2) is 5.70. The third kappa shape index (κ3) is 2.83. The minimum absolute atomic E-state index is 0.367. The number of benzene rings is 1. The highest BCUT2D eigenvalue weighted by Crippen LogP contribution is 2.29. The summed E-state index contributed by atoms with van der Waals surface area (Å²) in [5, 5.41) is 18.5. The summed E-state index contributed by atoms with van der Waals surface area (Å²) < 4.78 is 6.20. The molecule has 0 radical (unpaired) electrons. The molecule has 1 unspecified atom stereocenters. The van der Waals surface area contributed by atoms with Crippen molar-refractivity contribution in [3.63, 3.8) is 0 Å². The Balaban J connectivity index is 2.19. The molecule has 1 N–H and O–H groups in total. The summed E-state index contributed by atoms with van der Waals surface area (Å²) in [6.45, 7) is 3.66. The molecule has 5 heteroatoms. The van der Waals surface area contributed by atoms with E-state index in [0.29, 0.717) is 13.2 Å². The van der Waals surface area contributed by atoms with E-state index in [-0.39, 0.29) is 6.10 Å². The molecule has 1 aromatic rings. The first-order chi connectivity index (χ1) is 8.61. The number of aliphatic hydroxyl groups is 1. The van der Waals surface area contributed by atoms with Crippen molar-refractivity contribution >= 4 is 21.6 Å². The third-order valence-corrected chi connectivity index (χ3v) is 3.70. The largest absolute Gasteiger partial charge is 0.389 e. The second-order valence-electron chi connectivity index (χ2n) is 4.32. The van der Waals surface area contributed by atoms with Crippen LogP contribution in [-0.4, -0.2) is 30.9 Å². The predicted octanol–water partition coefficient (Wildman–Crippen LogP) is 2.23. The van der Waals surface area contributed by atoms with E-state index in [9.17, 15) is 5.11 Å². The van der Waals surface area contributed by atoms with E-state index in [4.69, 9.17) is 10.00 Å². The lowest BCUT2D eigenvalue weighted by atomic mass is 10.1. The molecule has 1 fully saturated rings. The van der Waals surface area contributed by atoms with E-state index in [1.54, 1.807) is 6.92 Å². The van der Waals surface area contributed by atoms with Crippen molar-refractivity contribution in [2.45, 2.75) is 19.1 Å². The van der Waals surface area contributed by atoms with E-state index in [1.165, 1.54) is 0 Å². The predicted molar refractivity (Wildman–Crippen MR) is 72.3 cm³/mol. The Bertz CT molecular complexity index is 471. The third-order valence-electron chi connectivity index (χ3n) is 3.01. The number of anilines is 1. The zero-order valence-corrected chi connectivity index (χ0v) is 11.7. The van der Waals surface area contributed by atoms with E-state index in [2.05, 4.69) is 26.9 Å². The van der Waals surface area contributed by atoms with Crippen LogP contribution in [0.4, 0.5) is 5.69 Å². The van der Waals surface area contributed by atoms with E-state index < -0.39 is 6.10 Å². The van der Waals surface area contributed by atoms with Gasteiger partial charge in [0, 0.05) is 16.7 Å². The van der Waals surface area contributed by atoms with Crippen molar-refractivity contribution in [3.8, 4) is 6.07 Å². The molecule has 1 saturated heterocycles. The van der Waals surface area contributed by atoms with Crippen LogP contribution in [0.3, 0.4) is 0 Å². The molecule has 0 aromatic heterocycles. The van der Waals surface area contributed by atoms with Gasteiger partial charge in [-0.25, -0.2) is 0 Å². The summed E-state index contributed by atoms with van der Waals surface area (Å²) in [5.74, 6) is 0. The van der Waals surface area contributed by atoms with Crippen LogP contribution in [0.1, 0.15) is 18.6 Å². The number of nitriles is 1. The molecule has 1 aliphatic rings. The Morgan fingerprint density at radius 1 is 1.61 bits per heavy atom. The monoisotopic (exact) mass is 310 g/mol. The highest BCUT2D eigenvalue weighted by atomic mass is 79.9. The van der Waals surface area contributed by atoms with Crippen LogP contribution in [0.5, 0.6) is 0 Å². The molecular formula is C13H15BrN2O2. The van der Waals surface area contributed by atoms with Crippen molar-refractivity contribution in [2.24, 2.45) is 0 Å². The normalized spacial score (nSPS) is 21.4. The van der Waals surface area contributed by atoms with Gasteiger partial charge < -0.3 is 14.7 Å². The standard InChI is InChI=1S/C13H15BrN2O2/c1-9(17)12-3-2-10(6-13(12)14)16-4-5-18-11(7-15)8-16/h2-3,6,9,11,17H,4-5,8H2,1H3/t9-,11?/m0/s1. The Hall–Kier alpha value is -1.09. The smallest absolute Gasteiger partial charge is 0.161 e. The number of hydrogen-bond donors (Lipinski definition) is 1. The van der Waals surface area contributed by atoms with Crippen molar-refractivity contribution < 1.29 is 9.84 Å². The number of nitrogens with zero attached hydrogens (tertiary/aromatic N) is 2. The first-order valence-electron chi connectivity index (χ1n) is 5.85. The molecule has 2 rings (SSSR count). The second-order valence-corrected chi connectivity index (χ2v) is 5.17. The molecule has 0 saturated carbocycles. The van der Waals surface area contributed by atoms with Crippen molar-refractivity contribution in [2.75, 3.05) is 24.6 Å². The molecule has 0 spiro atoms. The Morgan fingerprint density at radius 2 is 2.39 bits per heavy atom. The fourth-order valence-electron chi connectivity index (χ4n) is 2.01. The highest BCUT2D eigenvalue weighted by Gasteiger charge is 2.20. The first-order valence-corrected chi connectivity index (χ1v) is 6.65. The first kappa shape index (κ1) is 13.3. The zero-order chi connectivity index (χ0) is 13.1. The van der Waals surface area contributed by atoms with E-state index >= 15 is 0 Å². The van der Waals surface area contributed by atoms with Crippen molar-refractivity contribution in [3.05, 3.63) is 28.2 Å². The summed E-state index contributed by atoms with van der Waals surface area (Å²) in [7, 11) is 0. The molecule has 4 nitrogen and oxygen atoms in total. The van der Waals surface area contributed by atoms with Crippen LogP contribution in [-0.2, 0) is 4.74 Å². The van der Waals surface area contributed by atoms with Crippen LogP contribution in [0.2, 0.25) is 0 Å². The Labute approximate surface area is 115 Å². The van der Waals surface area contributed by atoms with E-state index in [1.807, 2.05) is 18.2 Å². The molecule has 1 aromatic carbocycles. The molecule has 0 bridgehead atoms. The maximum Gasteiger partial charge on any atom is 0.161 e. The highest BCUT2D eigenvalue weighted by molar-refractivity contribution is 9.10. The van der Waals surface area contributed by atoms with Crippen molar-refractivity contribution in [1.29, 1.82) is 5.26 Å². The molecule has 96 valence electrons. The van der Waals surface area contributed by atoms with Gasteiger partial charge >= 0.3 is 0 Å². The fraction of sp³-hybridized carbons (Fsp3) is 0.462. The quantitative estimate of drug-likeness (QED) is 0.910. The summed E-state index contributed by atoms with van der Waals surface area (Å²) in [4.78, 5) is 2.12. The Kier molecular flexibility index (Phi) is 4.23. The maximum absolute atomic E-state index is 9.58. The summed E-state index contributed by atoms with van der Waals surface area (Å²) in [5.41, 5.74) is 1.90. The van der Waals surface area contributed by atoms with Crippen LogP contribution in [0.25, 0.3) is 0 Å². The number of rotatable bonds is 2. The number of ether oxygens (including phenoxy) is 1. The topological polar surface area (TPSA) is 56.5 Å². The van der Waals surface area contributed by atoms with Gasteiger partial charge in [-0.3, -0.25) is 0 Å². The Morgan fingerprint density at radius 3 is 3.00 bits per heavy atom. The maximum atomic E-state index is 9.58. The summed E-state index contributed by atoms with van der Waals surface area (Å²) in [6.07, 6.45) is -0.862. The SMILES string of the molecule is C[C@H](O)c1ccc(N2CCOC(C#N)C2)cc1Br. The van der Waals surface area contributed by atoms with Crippen LogP contribution >= 0.6 is 15.9 Å². The van der Waals surface area contributed by atoms with Gasteiger partial charge in [-0.1, -0.05) is 22.0 Å². The minimum atomic E-state index is -0.495. The number of halogens is 1. The number of morpholine rings is 1. The lowest BCUT2D eigenvalue weighted by molar-refractivity contribution is 0.0764. The van der Waals surface area contributed by atoms with Gasteiger partial charge in [0.05, 0.1) is 25.3 Å². The summed E-state index contributed by atoms with van der Waals surface area (Å²) >= 11 is 3.46. The lowest BCUT2D eigenvalue weighted by Gasteiger charge is -2.32. The van der Waals surface area contributed by atoms with Gasteiger partial charge in [0.1, 0.15) is 0 Å². The average molecular weight is 311 g/mol. The molecular weight excluding hydrogens is 296 g/mol. The van der Waals surface area contributed by atoms with Gasteiger partial charge in [0.15, 0.2) is 6.10 Å².